The van der Waals surface area contributed by atoms with E-state index < -0.39 is 0 Å². The fraction of sp³-hybridized carbons (Fsp3) is 0.212. The van der Waals surface area contributed by atoms with Crippen LogP contribution in [-0.2, 0) is 19.5 Å². The van der Waals surface area contributed by atoms with Crippen LogP contribution in [0.5, 0.6) is 11.5 Å². The van der Waals surface area contributed by atoms with E-state index in [2.05, 4.69) is 109 Å². The van der Waals surface area contributed by atoms with Gasteiger partial charge in [0.15, 0.2) is 0 Å². The molecule has 0 aliphatic carbocycles. The summed E-state index contributed by atoms with van der Waals surface area (Å²) < 4.78 is 12.2. The Morgan fingerprint density at radius 1 is 0.568 bits per heavy atom. The molecule has 5 aromatic carbocycles. The lowest BCUT2D eigenvalue weighted by molar-refractivity contribution is 0.123. The largest absolute Gasteiger partial charge is 0.477 e. The monoisotopic (exact) mass is 486 g/mol. The second-order valence-corrected chi connectivity index (χ2v) is 10.5. The van der Waals surface area contributed by atoms with E-state index in [0.717, 1.165) is 31.0 Å². The third-order valence-electron chi connectivity index (χ3n) is 7.61. The first-order valence-electron chi connectivity index (χ1n) is 12.9. The van der Waals surface area contributed by atoms with Crippen LogP contribution >= 0.6 is 0 Å². The Kier molecular flexibility index (Phi) is 5.38. The van der Waals surface area contributed by atoms with E-state index in [1.54, 1.807) is 0 Å². The third-order valence-corrected chi connectivity index (χ3v) is 7.61. The second kappa shape index (κ2) is 8.91. The van der Waals surface area contributed by atoms with Gasteiger partial charge in [0.2, 0.25) is 0 Å². The first-order chi connectivity index (χ1) is 18.1. The normalized spacial score (nSPS) is 15.7. The zero-order valence-electron chi connectivity index (χ0n) is 21.3. The maximum atomic E-state index is 6.11. The van der Waals surface area contributed by atoms with E-state index in [1.165, 1.54) is 54.9 Å². The van der Waals surface area contributed by atoms with Crippen molar-refractivity contribution in [1.29, 1.82) is 0 Å². The third kappa shape index (κ3) is 4.12. The van der Waals surface area contributed by atoms with Crippen LogP contribution in [0.15, 0.2) is 84.9 Å². The van der Waals surface area contributed by atoms with Gasteiger partial charge in [-0.05, 0) is 65.7 Å². The van der Waals surface area contributed by atoms with Crippen LogP contribution in [0.4, 0.5) is 0 Å². The molecule has 0 N–H and O–H groups in total. The molecule has 2 aliphatic rings. The minimum absolute atomic E-state index is 0.631. The summed E-state index contributed by atoms with van der Waals surface area (Å²) in [6.45, 7) is 3.12. The van der Waals surface area contributed by atoms with Crippen LogP contribution in [0.25, 0.3) is 32.7 Å². The topological polar surface area (TPSA) is 24.9 Å². The Hall–Kier alpha value is -3.86. The van der Waals surface area contributed by atoms with E-state index >= 15 is 0 Å². The van der Waals surface area contributed by atoms with E-state index in [4.69, 9.17) is 9.47 Å². The number of nitrogens with zero attached hydrogens (tertiary/aromatic N) is 2. The van der Waals surface area contributed by atoms with Gasteiger partial charge in [-0.2, -0.15) is 0 Å². The van der Waals surface area contributed by atoms with E-state index in [-0.39, 0.29) is 0 Å². The molecule has 4 nitrogen and oxygen atoms in total. The second-order valence-electron chi connectivity index (χ2n) is 10.5. The van der Waals surface area contributed by atoms with E-state index in [9.17, 15) is 0 Å². The standard InChI is InChI=1S/C33H30N2O2/c1-34-18-28-13-10-25-8-5-23(16-30(25)32(28)36-20-34)15-22-3-6-24(7-4-22)27-12-9-26-11-14-29-19-35(2)21-37-33(29)31(26)17-27/h3-14,16-17H,15,18-21H2,1-2H3. The number of hydrogen-bond donors (Lipinski definition) is 0. The molecule has 184 valence electrons. The zero-order valence-corrected chi connectivity index (χ0v) is 21.3. The quantitative estimate of drug-likeness (QED) is 0.280. The van der Waals surface area contributed by atoms with Crippen molar-refractivity contribution in [3.05, 3.63) is 107 Å². The van der Waals surface area contributed by atoms with Gasteiger partial charge in [0, 0.05) is 35.0 Å². The molecule has 0 spiro atoms. The van der Waals surface area contributed by atoms with E-state index in [1.807, 2.05) is 0 Å². The van der Waals surface area contributed by atoms with Crippen molar-refractivity contribution in [1.82, 2.24) is 9.80 Å². The van der Waals surface area contributed by atoms with Gasteiger partial charge in [-0.15, -0.1) is 0 Å². The molecule has 7 rings (SSSR count). The predicted octanol–water partition coefficient (Wildman–Crippen LogP) is 6.81. The van der Waals surface area contributed by atoms with Crippen molar-refractivity contribution in [2.24, 2.45) is 0 Å². The van der Waals surface area contributed by atoms with Crippen molar-refractivity contribution in [2.45, 2.75) is 19.5 Å². The van der Waals surface area contributed by atoms with Crippen molar-refractivity contribution in [3.63, 3.8) is 0 Å². The lowest BCUT2D eigenvalue weighted by Gasteiger charge is -2.26. The molecule has 2 aliphatic heterocycles. The van der Waals surface area contributed by atoms with Crippen LogP contribution in [0.3, 0.4) is 0 Å². The summed E-state index contributed by atoms with van der Waals surface area (Å²) in [5.74, 6) is 2.07. The molecule has 0 bridgehead atoms. The van der Waals surface area contributed by atoms with Crippen molar-refractivity contribution in [2.75, 3.05) is 27.6 Å². The molecular weight excluding hydrogens is 456 g/mol. The van der Waals surface area contributed by atoms with Crippen LogP contribution < -0.4 is 9.47 Å². The summed E-state index contributed by atoms with van der Waals surface area (Å²) in [5, 5.41) is 4.86. The van der Waals surface area contributed by atoms with Gasteiger partial charge in [-0.3, -0.25) is 9.80 Å². The Labute approximate surface area is 217 Å². The number of ether oxygens (including phenoxy) is 2. The SMILES string of the molecule is CN1COc2c(ccc3ccc(Cc4ccc(-c5ccc6ccc7c(c6c5)OCN(C)C7)cc4)cc23)C1. The Bertz CT molecular complexity index is 1640. The molecular formula is C33H30N2O2. The van der Waals surface area contributed by atoms with Crippen molar-refractivity contribution >= 4 is 21.5 Å². The minimum atomic E-state index is 0.631. The lowest BCUT2D eigenvalue weighted by Crippen LogP contribution is -2.28. The van der Waals surface area contributed by atoms with Gasteiger partial charge in [-0.25, -0.2) is 0 Å². The van der Waals surface area contributed by atoms with Crippen LogP contribution in [-0.4, -0.2) is 37.4 Å². The molecule has 0 radical (unpaired) electrons. The van der Waals surface area contributed by atoms with Gasteiger partial charge in [0.1, 0.15) is 25.0 Å². The Balaban J connectivity index is 1.17. The minimum Gasteiger partial charge on any atom is -0.477 e. The highest BCUT2D eigenvalue weighted by Gasteiger charge is 2.18. The molecule has 4 heteroatoms. The summed E-state index contributed by atoms with van der Waals surface area (Å²) in [6.07, 6.45) is 0.895. The molecule has 0 aromatic heterocycles. The molecule has 5 aromatic rings. The summed E-state index contributed by atoms with van der Waals surface area (Å²) in [5.41, 5.74) is 7.56. The number of benzene rings is 5. The van der Waals surface area contributed by atoms with Gasteiger partial charge < -0.3 is 9.47 Å². The summed E-state index contributed by atoms with van der Waals surface area (Å²) in [4.78, 5) is 4.38. The highest BCUT2D eigenvalue weighted by Crippen LogP contribution is 2.37. The summed E-state index contributed by atoms with van der Waals surface area (Å²) >= 11 is 0. The fourth-order valence-corrected chi connectivity index (χ4v) is 5.67. The number of rotatable bonds is 3. The fourth-order valence-electron chi connectivity index (χ4n) is 5.67. The zero-order chi connectivity index (χ0) is 24.9. The van der Waals surface area contributed by atoms with Crippen LogP contribution in [0.1, 0.15) is 22.3 Å². The molecule has 0 saturated carbocycles. The molecule has 0 fully saturated rings. The van der Waals surface area contributed by atoms with Gasteiger partial charge in [0.25, 0.3) is 0 Å². The van der Waals surface area contributed by atoms with Crippen LogP contribution in [0, 0.1) is 0 Å². The highest BCUT2D eigenvalue weighted by atomic mass is 16.5. The average molecular weight is 487 g/mol. The van der Waals surface area contributed by atoms with Crippen LogP contribution in [0.2, 0.25) is 0 Å². The summed E-state index contributed by atoms with van der Waals surface area (Å²) in [6, 6.07) is 31.2. The maximum absolute atomic E-state index is 6.11. The molecule has 0 unspecified atom stereocenters. The smallest absolute Gasteiger partial charge is 0.142 e. The van der Waals surface area contributed by atoms with Gasteiger partial charge in [0.05, 0.1) is 0 Å². The van der Waals surface area contributed by atoms with E-state index in [0.29, 0.717) is 13.5 Å². The molecule has 0 saturated heterocycles. The first-order valence-corrected chi connectivity index (χ1v) is 12.9. The maximum Gasteiger partial charge on any atom is 0.142 e. The summed E-state index contributed by atoms with van der Waals surface area (Å²) in [7, 11) is 4.18. The average Bonchev–Trinajstić information content (AvgIpc) is 2.92. The predicted molar refractivity (Wildman–Crippen MR) is 150 cm³/mol. The number of hydrogen-bond acceptors (Lipinski definition) is 4. The van der Waals surface area contributed by atoms with Crippen molar-refractivity contribution < 1.29 is 9.47 Å². The Morgan fingerprint density at radius 2 is 1.08 bits per heavy atom. The number of fused-ring (bicyclic) bond motifs is 6. The molecule has 37 heavy (non-hydrogen) atoms. The lowest BCUT2D eigenvalue weighted by atomic mass is 9.96. The van der Waals surface area contributed by atoms with Gasteiger partial charge in [-0.1, -0.05) is 72.8 Å². The molecule has 2 heterocycles. The van der Waals surface area contributed by atoms with Crippen molar-refractivity contribution in [3.8, 4) is 22.6 Å². The molecule has 0 atom stereocenters. The molecule has 0 amide bonds. The first kappa shape index (κ1) is 22.3. The Morgan fingerprint density at radius 3 is 1.73 bits per heavy atom. The highest BCUT2D eigenvalue weighted by molar-refractivity contribution is 5.93. The van der Waals surface area contributed by atoms with Gasteiger partial charge >= 0.3 is 0 Å².